The van der Waals surface area contributed by atoms with Gasteiger partial charge in [-0.3, -0.25) is 14.0 Å². The Morgan fingerprint density at radius 2 is 1.89 bits per heavy atom. The summed E-state index contributed by atoms with van der Waals surface area (Å²) in [7, 11) is 0. The molecule has 3 aromatic rings. The Kier molecular flexibility index (Phi) is 5.35. The maximum Gasteiger partial charge on any atom is 0.292 e. The zero-order valence-electron chi connectivity index (χ0n) is 15.4. The number of anilines is 1. The number of amides is 2. The molecule has 0 unspecified atom stereocenters. The average Bonchev–Trinajstić information content (AvgIpc) is 3.06. The highest BCUT2D eigenvalue weighted by molar-refractivity contribution is 6.06. The fraction of sp³-hybridized carbons (Fsp3) is 0.190. The highest BCUT2D eigenvalue weighted by Gasteiger charge is 2.22. The zero-order valence-corrected chi connectivity index (χ0v) is 15.4. The molecule has 6 nitrogen and oxygen atoms in total. The number of benzene rings is 1. The van der Waals surface area contributed by atoms with Crippen molar-refractivity contribution < 1.29 is 9.59 Å². The normalized spacial score (nSPS) is 10.8. The number of carbonyl (C=O) groups excluding carboxylic acids is 2. The van der Waals surface area contributed by atoms with Gasteiger partial charge in [0.05, 0.1) is 5.52 Å². The van der Waals surface area contributed by atoms with E-state index in [4.69, 9.17) is 0 Å². The lowest BCUT2D eigenvalue weighted by molar-refractivity contribution is 0.0955. The van der Waals surface area contributed by atoms with Gasteiger partial charge in [0.2, 0.25) is 5.82 Å². The number of hydrogen-bond donors (Lipinski definition) is 2. The molecule has 0 fully saturated rings. The first-order valence-corrected chi connectivity index (χ1v) is 8.79. The molecule has 0 saturated carbocycles. The Morgan fingerprint density at radius 1 is 1.15 bits per heavy atom. The van der Waals surface area contributed by atoms with Crippen LogP contribution in [0.15, 0.2) is 61.3 Å². The Balaban J connectivity index is 1.98. The lowest BCUT2D eigenvalue weighted by Crippen LogP contribution is -2.24. The first kappa shape index (κ1) is 18.4. The molecular weight excluding hydrogens is 340 g/mol. The number of fused-ring (bicyclic) bond motifs is 1. The molecule has 3 rings (SSSR count). The van der Waals surface area contributed by atoms with E-state index < -0.39 is 0 Å². The van der Waals surface area contributed by atoms with Gasteiger partial charge in [-0.1, -0.05) is 44.2 Å². The summed E-state index contributed by atoms with van der Waals surface area (Å²) in [6, 6.07) is 13.0. The minimum atomic E-state index is -0.368. The number of para-hydroxylation sites is 1. The summed E-state index contributed by atoms with van der Waals surface area (Å²) in [5, 5.41) is 5.63. The number of carbonyl (C=O) groups is 2. The first-order chi connectivity index (χ1) is 13.0. The molecule has 138 valence electrons. The molecule has 2 heterocycles. The van der Waals surface area contributed by atoms with Crippen molar-refractivity contribution in [3.63, 3.8) is 0 Å². The minimum absolute atomic E-state index is 0.160. The van der Waals surface area contributed by atoms with E-state index in [1.165, 1.54) is 0 Å². The number of aromatic nitrogens is 2. The van der Waals surface area contributed by atoms with Gasteiger partial charge in [-0.25, -0.2) is 4.98 Å². The van der Waals surface area contributed by atoms with Crippen LogP contribution in [-0.4, -0.2) is 27.7 Å². The quantitative estimate of drug-likeness (QED) is 0.658. The SMILES string of the molecule is C=CCNC(=O)c1nc(C(=O)Nc2ccccc2C(C)C)n2ccccc12. The van der Waals surface area contributed by atoms with E-state index in [1.54, 1.807) is 34.9 Å². The Morgan fingerprint density at radius 3 is 2.63 bits per heavy atom. The van der Waals surface area contributed by atoms with Gasteiger partial charge in [0.15, 0.2) is 5.69 Å². The van der Waals surface area contributed by atoms with E-state index in [0.29, 0.717) is 12.1 Å². The highest BCUT2D eigenvalue weighted by atomic mass is 16.2. The summed E-state index contributed by atoms with van der Waals surface area (Å²) in [6.45, 7) is 8.05. The van der Waals surface area contributed by atoms with Gasteiger partial charge in [-0.2, -0.15) is 0 Å². The maximum absolute atomic E-state index is 12.9. The molecule has 1 aromatic carbocycles. The molecule has 6 heteroatoms. The Hall–Kier alpha value is -3.41. The fourth-order valence-electron chi connectivity index (χ4n) is 2.91. The van der Waals surface area contributed by atoms with Crippen molar-refractivity contribution >= 4 is 23.0 Å². The Bertz CT molecular complexity index is 1000. The summed E-state index contributed by atoms with van der Waals surface area (Å²) >= 11 is 0. The summed E-state index contributed by atoms with van der Waals surface area (Å²) in [5.41, 5.74) is 2.56. The highest BCUT2D eigenvalue weighted by Crippen LogP contribution is 2.24. The zero-order chi connectivity index (χ0) is 19.4. The third-order valence-corrected chi connectivity index (χ3v) is 4.20. The van der Waals surface area contributed by atoms with E-state index >= 15 is 0 Å². The van der Waals surface area contributed by atoms with Gasteiger partial charge in [-0.15, -0.1) is 6.58 Å². The predicted octanol–water partition coefficient (Wildman–Crippen LogP) is 3.63. The van der Waals surface area contributed by atoms with Crippen LogP contribution >= 0.6 is 0 Å². The number of rotatable bonds is 6. The van der Waals surface area contributed by atoms with Crippen LogP contribution < -0.4 is 10.6 Å². The van der Waals surface area contributed by atoms with Crippen LogP contribution in [0.2, 0.25) is 0 Å². The second-order valence-electron chi connectivity index (χ2n) is 6.43. The van der Waals surface area contributed by atoms with E-state index in [0.717, 1.165) is 11.3 Å². The Labute approximate surface area is 157 Å². The van der Waals surface area contributed by atoms with Crippen molar-refractivity contribution in [3.05, 3.63) is 78.4 Å². The van der Waals surface area contributed by atoms with Crippen LogP contribution in [0, 0.1) is 0 Å². The minimum Gasteiger partial charge on any atom is -0.347 e. The van der Waals surface area contributed by atoms with Crippen molar-refractivity contribution in [2.45, 2.75) is 19.8 Å². The molecule has 0 spiro atoms. The lowest BCUT2D eigenvalue weighted by atomic mass is 10.0. The van der Waals surface area contributed by atoms with Crippen molar-refractivity contribution in [2.24, 2.45) is 0 Å². The van der Waals surface area contributed by atoms with Crippen molar-refractivity contribution in [3.8, 4) is 0 Å². The number of nitrogens with zero attached hydrogens (tertiary/aromatic N) is 2. The van der Waals surface area contributed by atoms with Crippen molar-refractivity contribution in [1.82, 2.24) is 14.7 Å². The van der Waals surface area contributed by atoms with Gasteiger partial charge < -0.3 is 10.6 Å². The second-order valence-corrected chi connectivity index (χ2v) is 6.43. The molecule has 2 aromatic heterocycles. The third kappa shape index (κ3) is 3.74. The average molecular weight is 362 g/mol. The van der Waals surface area contributed by atoms with Crippen LogP contribution in [0.5, 0.6) is 0 Å². The van der Waals surface area contributed by atoms with Crippen LogP contribution in [0.3, 0.4) is 0 Å². The monoisotopic (exact) mass is 362 g/mol. The number of pyridine rings is 1. The maximum atomic E-state index is 12.9. The van der Waals surface area contributed by atoms with E-state index in [9.17, 15) is 9.59 Å². The van der Waals surface area contributed by atoms with Crippen LogP contribution in [-0.2, 0) is 0 Å². The van der Waals surface area contributed by atoms with Gasteiger partial charge in [0.25, 0.3) is 11.8 Å². The van der Waals surface area contributed by atoms with Crippen molar-refractivity contribution in [1.29, 1.82) is 0 Å². The molecule has 0 aliphatic carbocycles. The van der Waals surface area contributed by atoms with Crippen LogP contribution in [0.4, 0.5) is 5.69 Å². The summed E-state index contributed by atoms with van der Waals surface area (Å²) < 4.78 is 1.62. The fourth-order valence-corrected chi connectivity index (χ4v) is 2.91. The predicted molar refractivity (Wildman–Crippen MR) is 106 cm³/mol. The number of hydrogen-bond acceptors (Lipinski definition) is 3. The molecular formula is C21H22N4O2. The molecule has 2 N–H and O–H groups in total. The summed E-state index contributed by atoms with van der Waals surface area (Å²) in [4.78, 5) is 29.6. The number of nitrogens with one attached hydrogen (secondary N) is 2. The molecule has 0 aliphatic rings. The van der Waals surface area contributed by atoms with Crippen LogP contribution in [0.25, 0.3) is 5.52 Å². The first-order valence-electron chi connectivity index (χ1n) is 8.79. The van der Waals surface area contributed by atoms with Gasteiger partial charge in [-0.05, 0) is 29.7 Å². The molecule has 2 amide bonds. The topological polar surface area (TPSA) is 75.5 Å². The third-order valence-electron chi connectivity index (χ3n) is 4.20. The lowest BCUT2D eigenvalue weighted by Gasteiger charge is -2.13. The second kappa shape index (κ2) is 7.86. The molecule has 0 radical (unpaired) electrons. The summed E-state index contributed by atoms with van der Waals surface area (Å²) in [5.74, 6) is -0.293. The van der Waals surface area contributed by atoms with Gasteiger partial charge >= 0.3 is 0 Å². The molecule has 27 heavy (non-hydrogen) atoms. The largest absolute Gasteiger partial charge is 0.347 e. The smallest absolute Gasteiger partial charge is 0.292 e. The van der Waals surface area contributed by atoms with Gasteiger partial charge in [0, 0.05) is 18.4 Å². The molecule has 0 aliphatic heterocycles. The molecule has 0 bridgehead atoms. The van der Waals surface area contributed by atoms with E-state index in [1.807, 2.05) is 24.3 Å². The summed E-state index contributed by atoms with van der Waals surface area (Å²) in [6.07, 6.45) is 3.31. The van der Waals surface area contributed by atoms with Crippen LogP contribution in [0.1, 0.15) is 46.4 Å². The number of imidazole rings is 1. The molecule has 0 atom stereocenters. The van der Waals surface area contributed by atoms with E-state index in [-0.39, 0.29) is 29.3 Å². The molecule has 0 saturated heterocycles. The standard InChI is InChI=1S/C21H22N4O2/c1-4-12-22-20(26)18-17-11-7-8-13-25(17)19(24-18)21(27)23-16-10-6-5-9-15(16)14(2)3/h4-11,13-14H,1,12H2,2-3H3,(H,22,26)(H,23,27). The van der Waals surface area contributed by atoms with E-state index in [2.05, 4.69) is 36.0 Å². The van der Waals surface area contributed by atoms with Gasteiger partial charge in [0.1, 0.15) is 0 Å². The van der Waals surface area contributed by atoms with Crippen molar-refractivity contribution in [2.75, 3.05) is 11.9 Å².